The lowest BCUT2D eigenvalue weighted by molar-refractivity contribution is -0.121. The zero-order valence-electron chi connectivity index (χ0n) is 16.5. The Kier molecular flexibility index (Phi) is 6.97. The van der Waals surface area contributed by atoms with Crippen LogP contribution < -0.4 is 10.2 Å². The van der Waals surface area contributed by atoms with E-state index in [0.29, 0.717) is 11.3 Å². The summed E-state index contributed by atoms with van der Waals surface area (Å²) in [5.41, 5.74) is 4.32. The van der Waals surface area contributed by atoms with Crippen LogP contribution in [0.15, 0.2) is 45.6 Å². The number of amides is 1. The molecular weight excluding hydrogens is 362 g/mol. The van der Waals surface area contributed by atoms with Gasteiger partial charge in [0.2, 0.25) is 11.7 Å². The van der Waals surface area contributed by atoms with Crippen molar-refractivity contribution < 1.29 is 9.59 Å². The molecule has 2 rings (SSSR count). The summed E-state index contributed by atoms with van der Waals surface area (Å²) in [6.45, 7) is 11.6. The molecule has 0 unspecified atom stereocenters. The van der Waals surface area contributed by atoms with Crippen molar-refractivity contribution in [2.75, 3.05) is 18.0 Å². The van der Waals surface area contributed by atoms with E-state index in [1.165, 1.54) is 0 Å². The van der Waals surface area contributed by atoms with Crippen LogP contribution in [0.25, 0.3) is 0 Å². The van der Waals surface area contributed by atoms with Crippen molar-refractivity contribution in [1.82, 2.24) is 5.32 Å². The predicted molar refractivity (Wildman–Crippen MR) is 112 cm³/mol. The Morgan fingerprint density at radius 1 is 1.19 bits per heavy atom. The number of Topliss-reactive ketones (excluding diaryl/α,β-unsaturated/α-hetero) is 1. The van der Waals surface area contributed by atoms with Crippen LogP contribution in [0.3, 0.4) is 0 Å². The fourth-order valence-electron chi connectivity index (χ4n) is 2.84. The van der Waals surface area contributed by atoms with E-state index in [9.17, 15) is 9.59 Å². The van der Waals surface area contributed by atoms with Gasteiger partial charge in [-0.15, -0.1) is 0 Å². The fourth-order valence-corrected chi connectivity index (χ4v) is 3.04. The van der Waals surface area contributed by atoms with E-state index in [-0.39, 0.29) is 28.8 Å². The average molecular weight is 388 g/mol. The third-order valence-electron chi connectivity index (χ3n) is 4.58. The molecule has 0 aromatic heterocycles. The number of nitrogens with one attached hydrogen (secondary N) is 1. The number of rotatable bonds is 6. The Morgan fingerprint density at radius 3 is 2.41 bits per heavy atom. The van der Waals surface area contributed by atoms with E-state index >= 15 is 0 Å². The van der Waals surface area contributed by atoms with E-state index in [0.717, 1.165) is 30.0 Å². The van der Waals surface area contributed by atoms with Gasteiger partial charge in [-0.2, -0.15) is 0 Å². The van der Waals surface area contributed by atoms with Gasteiger partial charge in [-0.25, -0.2) is 4.99 Å². The van der Waals surface area contributed by atoms with E-state index < -0.39 is 0 Å². The maximum Gasteiger partial charge on any atom is 0.224 e. The van der Waals surface area contributed by atoms with E-state index in [4.69, 9.17) is 16.6 Å². The van der Waals surface area contributed by atoms with Crippen LogP contribution in [-0.2, 0) is 9.59 Å². The number of anilines is 1. The van der Waals surface area contributed by atoms with Gasteiger partial charge in [0.15, 0.2) is 0 Å². The molecule has 27 heavy (non-hydrogen) atoms. The van der Waals surface area contributed by atoms with Gasteiger partial charge in [-0.1, -0.05) is 18.5 Å². The molecule has 0 fully saturated rings. The zero-order valence-corrected chi connectivity index (χ0v) is 17.3. The summed E-state index contributed by atoms with van der Waals surface area (Å²) < 4.78 is 0. The highest BCUT2D eigenvalue weighted by Gasteiger charge is 2.25. The van der Waals surface area contributed by atoms with Crippen LogP contribution >= 0.6 is 11.6 Å². The molecule has 0 radical (unpaired) electrons. The lowest BCUT2D eigenvalue weighted by atomic mass is 10.0. The molecule has 1 N–H and O–H groups in total. The third-order valence-corrected chi connectivity index (χ3v) is 5.04. The third kappa shape index (κ3) is 4.66. The molecule has 1 aromatic rings. The van der Waals surface area contributed by atoms with Crippen LogP contribution in [0.1, 0.15) is 39.7 Å². The molecule has 144 valence electrons. The lowest BCUT2D eigenvalue weighted by Crippen LogP contribution is -2.30. The maximum atomic E-state index is 12.3. The van der Waals surface area contributed by atoms with Gasteiger partial charge >= 0.3 is 0 Å². The molecule has 0 atom stereocenters. The van der Waals surface area contributed by atoms with Crippen LogP contribution in [0, 0.1) is 6.92 Å². The van der Waals surface area contributed by atoms with Gasteiger partial charge in [0.05, 0.1) is 22.1 Å². The average Bonchev–Trinajstić information content (AvgIpc) is 2.66. The first-order valence-electron chi connectivity index (χ1n) is 9.19. The smallest absolute Gasteiger partial charge is 0.224 e. The monoisotopic (exact) mass is 387 g/mol. The van der Waals surface area contributed by atoms with Crippen molar-refractivity contribution in [2.45, 2.75) is 41.0 Å². The number of hydrogen-bond acceptors (Lipinski definition) is 4. The van der Waals surface area contributed by atoms with Crippen molar-refractivity contribution >= 4 is 40.4 Å². The molecule has 1 aliphatic carbocycles. The van der Waals surface area contributed by atoms with Crippen molar-refractivity contribution in [3.05, 3.63) is 46.1 Å². The Balaban J connectivity index is 2.43. The molecule has 5 nitrogen and oxygen atoms in total. The van der Waals surface area contributed by atoms with Gasteiger partial charge in [0, 0.05) is 25.2 Å². The first-order chi connectivity index (χ1) is 12.8. The number of aliphatic imine (C=N–C) groups is 1. The van der Waals surface area contributed by atoms with Crippen molar-refractivity contribution in [3.63, 3.8) is 0 Å². The lowest BCUT2D eigenvalue weighted by Gasteiger charge is -2.22. The second kappa shape index (κ2) is 9.00. The molecule has 0 spiro atoms. The zero-order chi connectivity index (χ0) is 20.1. The quantitative estimate of drug-likeness (QED) is 0.735. The summed E-state index contributed by atoms with van der Waals surface area (Å²) in [7, 11) is 0. The highest BCUT2D eigenvalue weighted by Crippen LogP contribution is 2.28. The molecule has 0 saturated carbocycles. The minimum atomic E-state index is -0.386. The summed E-state index contributed by atoms with van der Waals surface area (Å²) in [6, 6.07) is 6.10. The SMILES string of the molecule is CCC(=O)NC1=C/C(=N\c2ccc(N(CC)CC)cc2C)C(C)=C(Cl)C1=O. The number of hydrogen-bond donors (Lipinski definition) is 1. The number of ketones is 1. The molecule has 6 heteroatoms. The summed E-state index contributed by atoms with van der Waals surface area (Å²) in [5, 5.41) is 2.69. The molecule has 0 bridgehead atoms. The second-order valence-electron chi connectivity index (χ2n) is 6.37. The molecule has 0 saturated heterocycles. The number of nitrogens with zero attached hydrogens (tertiary/aromatic N) is 2. The van der Waals surface area contributed by atoms with Crippen LogP contribution in [-0.4, -0.2) is 30.5 Å². The first kappa shape index (κ1) is 20.9. The Morgan fingerprint density at radius 2 is 1.85 bits per heavy atom. The van der Waals surface area contributed by atoms with E-state index in [1.807, 2.05) is 19.1 Å². The number of aryl methyl sites for hydroxylation is 1. The highest BCUT2D eigenvalue weighted by atomic mass is 35.5. The molecule has 1 aliphatic rings. The van der Waals surface area contributed by atoms with Crippen molar-refractivity contribution in [3.8, 4) is 0 Å². The van der Waals surface area contributed by atoms with Crippen molar-refractivity contribution in [2.24, 2.45) is 4.99 Å². The molecule has 1 aromatic carbocycles. The molecule has 0 aliphatic heterocycles. The van der Waals surface area contributed by atoms with Gasteiger partial charge in [-0.05, 0) is 63.1 Å². The Labute approximate surface area is 165 Å². The van der Waals surface area contributed by atoms with Crippen molar-refractivity contribution in [1.29, 1.82) is 0 Å². The minimum absolute atomic E-state index is 0.0834. The Hall–Kier alpha value is -2.40. The van der Waals surface area contributed by atoms with Gasteiger partial charge in [0.25, 0.3) is 0 Å². The van der Waals surface area contributed by atoms with E-state index in [2.05, 4.69) is 30.1 Å². The summed E-state index contributed by atoms with van der Waals surface area (Å²) >= 11 is 6.19. The number of benzene rings is 1. The highest BCUT2D eigenvalue weighted by molar-refractivity contribution is 6.49. The molecule has 0 heterocycles. The number of allylic oxidation sites excluding steroid dienone is 3. The minimum Gasteiger partial charge on any atom is -0.372 e. The van der Waals surface area contributed by atoms with E-state index in [1.54, 1.807) is 19.9 Å². The second-order valence-corrected chi connectivity index (χ2v) is 6.75. The number of carbonyl (C=O) groups excluding carboxylic acids is 2. The topological polar surface area (TPSA) is 61.8 Å². The van der Waals surface area contributed by atoms with Crippen LogP contribution in [0.2, 0.25) is 0 Å². The van der Waals surface area contributed by atoms with Gasteiger partial charge < -0.3 is 10.2 Å². The summed E-state index contributed by atoms with van der Waals surface area (Å²) in [5.74, 6) is -0.624. The number of carbonyl (C=O) groups is 2. The summed E-state index contributed by atoms with van der Waals surface area (Å²) in [4.78, 5) is 30.9. The summed E-state index contributed by atoms with van der Waals surface area (Å²) in [6.07, 6.45) is 1.87. The van der Waals surface area contributed by atoms with Crippen LogP contribution in [0.4, 0.5) is 11.4 Å². The maximum absolute atomic E-state index is 12.3. The normalized spacial score (nSPS) is 15.9. The largest absolute Gasteiger partial charge is 0.372 e. The first-order valence-corrected chi connectivity index (χ1v) is 9.57. The molecular formula is C21H26ClN3O2. The number of halogens is 1. The van der Waals surface area contributed by atoms with Crippen LogP contribution in [0.5, 0.6) is 0 Å². The Bertz CT molecular complexity index is 849. The van der Waals surface area contributed by atoms with Gasteiger partial charge in [0.1, 0.15) is 0 Å². The van der Waals surface area contributed by atoms with Gasteiger partial charge in [-0.3, -0.25) is 9.59 Å². The molecule has 1 amide bonds. The predicted octanol–water partition coefficient (Wildman–Crippen LogP) is 4.42. The fraction of sp³-hybridized carbons (Fsp3) is 0.381. The standard InChI is InChI=1S/C21H26ClN3O2/c1-6-19(26)24-18-12-17(14(5)20(22)21(18)27)23-16-10-9-15(11-13(16)4)25(7-2)8-3/h9-12H,6-8H2,1-5H3,(H,24,26)/b23-17+.